The van der Waals surface area contributed by atoms with E-state index in [4.69, 9.17) is 14.0 Å². The number of methoxy groups -OCH3 is 1. The molecule has 2 aliphatic rings. The Hall–Kier alpha value is -2.09. The molecule has 4 rings (SSSR count). The molecule has 0 aromatic heterocycles. The monoisotopic (exact) mass is 447 g/mol. The number of hydrogen-bond acceptors (Lipinski definition) is 5. The third-order valence-corrected chi connectivity index (χ3v) is 5.88. The first kappa shape index (κ1) is 23.6. The average molecular weight is 448 g/mol. The maximum absolute atomic E-state index is 9.19. The van der Waals surface area contributed by atoms with Crippen molar-refractivity contribution in [2.24, 2.45) is 0 Å². The topological polar surface area (TPSA) is 76.1 Å². The predicted octanol–water partition coefficient (Wildman–Crippen LogP) is 3.73. The fraction of sp³-hybridized carbons (Fsp3) is 0.500. The SMILES string of the molecule is COc1cccc2c1CCCC2CN(C)CCc1ccc2c(c1)CCO2.CS(=O)(=O)O. The highest BCUT2D eigenvalue weighted by Gasteiger charge is 2.23. The molecule has 7 heteroatoms. The van der Waals surface area contributed by atoms with Gasteiger partial charge in [-0.2, -0.15) is 8.42 Å². The van der Waals surface area contributed by atoms with Crippen LogP contribution in [0.2, 0.25) is 0 Å². The van der Waals surface area contributed by atoms with Gasteiger partial charge in [0.1, 0.15) is 11.5 Å². The van der Waals surface area contributed by atoms with E-state index in [2.05, 4.69) is 48.3 Å². The van der Waals surface area contributed by atoms with Gasteiger partial charge < -0.3 is 14.4 Å². The van der Waals surface area contributed by atoms with Crippen LogP contribution in [0.5, 0.6) is 11.5 Å². The number of fused-ring (bicyclic) bond motifs is 2. The Bertz CT molecular complexity index is 981. The molecule has 0 saturated carbocycles. The average Bonchev–Trinajstić information content (AvgIpc) is 3.19. The Morgan fingerprint density at radius 1 is 1.23 bits per heavy atom. The molecule has 1 unspecified atom stereocenters. The number of hydrogen-bond donors (Lipinski definition) is 1. The van der Waals surface area contributed by atoms with E-state index in [0.29, 0.717) is 12.2 Å². The highest BCUT2D eigenvalue weighted by atomic mass is 32.2. The Morgan fingerprint density at radius 3 is 2.74 bits per heavy atom. The minimum atomic E-state index is -3.67. The van der Waals surface area contributed by atoms with Crippen LogP contribution in [0.25, 0.3) is 0 Å². The molecule has 0 spiro atoms. The van der Waals surface area contributed by atoms with Gasteiger partial charge >= 0.3 is 0 Å². The van der Waals surface area contributed by atoms with E-state index >= 15 is 0 Å². The predicted molar refractivity (Wildman–Crippen MR) is 123 cm³/mol. The Labute approximate surface area is 185 Å². The number of likely N-dealkylation sites (N-methyl/N-ethyl adjacent to an activating group) is 1. The van der Waals surface area contributed by atoms with Gasteiger partial charge in [-0.25, -0.2) is 0 Å². The van der Waals surface area contributed by atoms with Gasteiger partial charge in [0.15, 0.2) is 0 Å². The summed E-state index contributed by atoms with van der Waals surface area (Å²) >= 11 is 0. The molecular formula is C24H33NO5S. The van der Waals surface area contributed by atoms with Crippen LogP contribution >= 0.6 is 0 Å². The molecule has 0 radical (unpaired) electrons. The normalized spacial score (nSPS) is 17.3. The molecule has 1 atom stereocenters. The van der Waals surface area contributed by atoms with Crippen LogP contribution in [0.4, 0.5) is 0 Å². The molecule has 6 nitrogen and oxygen atoms in total. The summed E-state index contributed by atoms with van der Waals surface area (Å²) in [7, 11) is 0.373. The number of benzene rings is 2. The number of nitrogens with zero attached hydrogens (tertiary/aromatic N) is 1. The third kappa shape index (κ3) is 6.95. The van der Waals surface area contributed by atoms with Crippen LogP contribution in [-0.4, -0.2) is 58.0 Å². The van der Waals surface area contributed by atoms with E-state index in [1.54, 1.807) is 7.11 Å². The van der Waals surface area contributed by atoms with Gasteiger partial charge in [0.05, 0.1) is 20.0 Å². The van der Waals surface area contributed by atoms with Crippen molar-refractivity contribution in [1.82, 2.24) is 4.90 Å². The second-order valence-corrected chi connectivity index (χ2v) is 9.87. The summed E-state index contributed by atoms with van der Waals surface area (Å²) in [5.74, 6) is 2.76. The zero-order valence-electron chi connectivity index (χ0n) is 18.6. The highest BCUT2D eigenvalue weighted by Crippen LogP contribution is 2.37. The molecule has 2 aromatic carbocycles. The molecule has 1 N–H and O–H groups in total. The second kappa shape index (κ2) is 10.5. The van der Waals surface area contributed by atoms with E-state index in [1.807, 2.05) is 0 Å². The van der Waals surface area contributed by atoms with Crippen molar-refractivity contribution in [2.45, 2.75) is 38.0 Å². The summed E-state index contributed by atoms with van der Waals surface area (Å²) in [6, 6.07) is 13.2. The van der Waals surface area contributed by atoms with Crippen molar-refractivity contribution in [1.29, 1.82) is 0 Å². The van der Waals surface area contributed by atoms with Gasteiger partial charge in [-0.1, -0.05) is 24.3 Å². The van der Waals surface area contributed by atoms with Crippen LogP contribution in [-0.2, 0) is 29.4 Å². The van der Waals surface area contributed by atoms with Crippen LogP contribution < -0.4 is 9.47 Å². The van der Waals surface area contributed by atoms with Gasteiger partial charge in [0, 0.05) is 19.5 Å². The van der Waals surface area contributed by atoms with Crippen molar-refractivity contribution in [3.05, 3.63) is 58.7 Å². The van der Waals surface area contributed by atoms with E-state index in [1.165, 1.54) is 35.1 Å². The Morgan fingerprint density at radius 2 is 2.00 bits per heavy atom. The van der Waals surface area contributed by atoms with E-state index in [0.717, 1.165) is 50.5 Å². The molecule has 0 fully saturated rings. The molecule has 170 valence electrons. The fourth-order valence-corrected chi connectivity index (χ4v) is 4.48. The van der Waals surface area contributed by atoms with Gasteiger partial charge in [0.2, 0.25) is 0 Å². The second-order valence-electron chi connectivity index (χ2n) is 8.40. The Balaban J connectivity index is 0.000000491. The standard InChI is InChI=1S/C23H29NO2.CH4O3S/c1-24(13-11-17-9-10-22-18(15-17)12-14-26-22)16-19-5-3-7-21-20(19)6-4-8-23(21)25-2;1-5(2,3)4/h4,6,8-10,15,19H,3,5,7,11-14,16H2,1-2H3;1H3,(H,2,3,4). The summed E-state index contributed by atoms with van der Waals surface area (Å²) in [5.41, 5.74) is 5.72. The van der Waals surface area contributed by atoms with Crippen LogP contribution in [0.3, 0.4) is 0 Å². The van der Waals surface area contributed by atoms with E-state index < -0.39 is 10.1 Å². The zero-order valence-corrected chi connectivity index (χ0v) is 19.5. The van der Waals surface area contributed by atoms with Crippen LogP contribution in [0, 0.1) is 0 Å². The quantitative estimate of drug-likeness (QED) is 0.680. The molecule has 1 aliphatic carbocycles. The van der Waals surface area contributed by atoms with E-state index in [-0.39, 0.29) is 0 Å². The van der Waals surface area contributed by atoms with Crippen LogP contribution in [0.15, 0.2) is 36.4 Å². The molecule has 0 saturated heterocycles. The van der Waals surface area contributed by atoms with Crippen molar-refractivity contribution in [3.8, 4) is 11.5 Å². The molecular weight excluding hydrogens is 414 g/mol. The van der Waals surface area contributed by atoms with Gasteiger partial charge in [-0.05, 0) is 73.0 Å². The lowest BCUT2D eigenvalue weighted by Gasteiger charge is -2.30. The smallest absolute Gasteiger partial charge is 0.261 e. The molecule has 31 heavy (non-hydrogen) atoms. The van der Waals surface area contributed by atoms with Gasteiger partial charge in [-0.15, -0.1) is 0 Å². The van der Waals surface area contributed by atoms with Crippen molar-refractivity contribution in [2.75, 3.05) is 40.1 Å². The first-order valence-corrected chi connectivity index (χ1v) is 12.6. The minimum Gasteiger partial charge on any atom is -0.496 e. The lowest BCUT2D eigenvalue weighted by molar-refractivity contribution is 0.299. The third-order valence-electron chi connectivity index (χ3n) is 5.88. The molecule has 2 aromatic rings. The summed E-state index contributed by atoms with van der Waals surface area (Å²) < 4.78 is 37.1. The maximum Gasteiger partial charge on any atom is 0.261 e. The fourth-order valence-electron chi connectivity index (χ4n) is 4.48. The molecule has 0 amide bonds. The van der Waals surface area contributed by atoms with Crippen molar-refractivity contribution < 1.29 is 22.4 Å². The summed E-state index contributed by atoms with van der Waals surface area (Å²) in [4.78, 5) is 2.49. The van der Waals surface area contributed by atoms with Crippen molar-refractivity contribution >= 4 is 10.1 Å². The first-order valence-electron chi connectivity index (χ1n) is 10.8. The van der Waals surface area contributed by atoms with Crippen molar-refractivity contribution in [3.63, 3.8) is 0 Å². The molecule has 1 heterocycles. The summed E-state index contributed by atoms with van der Waals surface area (Å²) in [6.45, 7) is 3.05. The first-order chi connectivity index (χ1) is 14.7. The lowest BCUT2D eigenvalue weighted by atomic mass is 9.82. The summed E-state index contributed by atoms with van der Waals surface area (Å²) in [5, 5.41) is 0. The largest absolute Gasteiger partial charge is 0.496 e. The minimum absolute atomic E-state index is 0.618. The van der Waals surface area contributed by atoms with Crippen LogP contribution in [0.1, 0.15) is 41.0 Å². The van der Waals surface area contributed by atoms with Gasteiger partial charge in [-0.3, -0.25) is 4.55 Å². The molecule has 0 bridgehead atoms. The maximum atomic E-state index is 9.19. The highest BCUT2D eigenvalue weighted by molar-refractivity contribution is 7.85. The molecule has 1 aliphatic heterocycles. The van der Waals surface area contributed by atoms with E-state index in [9.17, 15) is 8.42 Å². The summed E-state index contributed by atoms with van der Waals surface area (Å²) in [6.07, 6.45) is 6.56. The zero-order chi connectivity index (χ0) is 22.4. The van der Waals surface area contributed by atoms with Gasteiger partial charge in [0.25, 0.3) is 10.1 Å². The number of rotatable bonds is 6. The Kier molecular flexibility index (Phi) is 7.97. The lowest BCUT2D eigenvalue weighted by Crippen LogP contribution is -2.28. The number of ether oxygens (including phenoxy) is 2.